The Hall–Kier alpha value is -2.70. The first-order valence-electron chi connectivity index (χ1n) is 5.69. The molecule has 7 heteroatoms. The molecule has 1 amide bonds. The van der Waals surface area contributed by atoms with Crippen LogP contribution in [-0.4, -0.2) is 22.8 Å². The lowest BCUT2D eigenvalue weighted by atomic mass is 10.1. The summed E-state index contributed by atoms with van der Waals surface area (Å²) in [5.41, 5.74) is 0.0383. The van der Waals surface area contributed by atoms with Gasteiger partial charge in [-0.3, -0.25) is 14.9 Å². The molecule has 0 aliphatic carbocycles. The van der Waals surface area contributed by atoms with E-state index < -0.39 is 22.3 Å². The number of benzene rings is 1. The molecule has 0 spiro atoms. The second-order valence-electron chi connectivity index (χ2n) is 4.21. The van der Waals surface area contributed by atoms with E-state index in [2.05, 4.69) is 0 Å². The Morgan fingerprint density at radius 2 is 2.20 bits per heavy atom. The van der Waals surface area contributed by atoms with Crippen LogP contribution in [0.3, 0.4) is 0 Å². The molecule has 1 heterocycles. The van der Waals surface area contributed by atoms with Crippen molar-refractivity contribution in [2.45, 2.75) is 6.54 Å². The zero-order valence-corrected chi connectivity index (χ0v) is 10.6. The molecule has 0 atom stereocenters. The Morgan fingerprint density at radius 1 is 1.45 bits per heavy atom. The molecule has 0 aliphatic rings. The summed E-state index contributed by atoms with van der Waals surface area (Å²) in [6.45, 7) is 0.211. The standard InChI is InChI=1S/C13H11FN2O4/c1-15(7-9-4-5-20-8-9)13(17)11-6-10(14)2-3-12(11)16(18)19/h2-6,8H,7H2,1H3. The van der Waals surface area contributed by atoms with E-state index in [1.807, 2.05) is 0 Å². The van der Waals surface area contributed by atoms with Crippen molar-refractivity contribution in [2.75, 3.05) is 7.05 Å². The van der Waals surface area contributed by atoms with Crippen molar-refractivity contribution in [1.29, 1.82) is 0 Å². The Labute approximate surface area is 113 Å². The average molecular weight is 278 g/mol. The molecule has 2 aromatic rings. The Balaban J connectivity index is 2.28. The summed E-state index contributed by atoms with van der Waals surface area (Å²) in [4.78, 5) is 23.6. The minimum atomic E-state index is -0.710. The minimum absolute atomic E-state index is 0.211. The number of carbonyl (C=O) groups excluding carboxylic acids is 1. The van der Waals surface area contributed by atoms with Crippen LogP contribution in [-0.2, 0) is 6.54 Å². The topological polar surface area (TPSA) is 76.6 Å². The fourth-order valence-corrected chi connectivity index (χ4v) is 1.77. The third kappa shape index (κ3) is 2.82. The van der Waals surface area contributed by atoms with Crippen LogP contribution in [0.5, 0.6) is 0 Å². The van der Waals surface area contributed by atoms with E-state index in [4.69, 9.17) is 4.42 Å². The molecular weight excluding hydrogens is 267 g/mol. The van der Waals surface area contributed by atoms with Gasteiger partial charge >= 0.3 is 0 Å². The predicted molar refractivity (Wildman–Crippen MR) is 67.6 cm³/mol. The lowest BCUT2D eigenvalue weighted by Gasteiger charge is -2.16. The number of nitro benzene ring substituents is 1. The molecule has 0 N–H and O–H groups in total. The fourth-order valence-electron chi connectivity index (χ4n) is 1.77. The van der Waals surface area contributed by atoms with Gasteiger partial charge in [0.2, 0.25) is 0 Å². The molecular formula is C13H11FN2O4. The summed E-state index contributed by atoms with van der Waals surface area (Å²) < 4.78 is 18.1. The molecule has 0 radical (unpaired) electrons. The highest BCUT2D eigenvalue weighted by Crippen LogP contribution is 2.21. The van der Waals surface area contributed by atoms with Crippen LogP contribution < -0.4 is 0 Å². The Bertz CT molecular complexity index is 640. The van der Waals surface area contributed by atoms with Crippen LogP contribution in [0.15, 0.2) is 41.2 Å². The highest BCUT2D eigenvalue weighted by molar-refractivity contribution is 5.97. The first-order chi connectivity index (χ1) is 9.49. The molecule has 0 unspecified atom stereocenters. The molecule has 20 heavy (non-hydrogen) atoms. The normalized spacial score (nSPS) is 10.3. The number of carbonyl (C=O) groups is 1. The molecule has 1 aromatic heterocycles. The van der Waals surface area contributed by atoms with Crippen LogP contribution in [0.2, 0.25) is 0 Å². The van der Waals surface area contributed by atoms with E-state index in [9.17, 15) is 19.3 Å². The molecule has 0 bridgehead atoms. The number of furan rings is 1. The number of rotatable bonds is 4. The summed E-state index contributed by atoms with van der Waals surface area (Å²) in [7, 11) is 1.48. The number of hydrogen-bond acceptors (Lipinski definition) is 4. The van der Waals surface area contributed by atoms with Crippen molar-refractivity contribution in [3.05, 3.63) is 63.9 Å². The summed E-state index contributed by atoms with van der Waals surface area (Å²) in [6.07, 6.45) is 2.92. The average Bonchev–Trinajstić information content (AvgIpc) is 2.90. The quantitative estimate of drug-likeness (QED) is 0.636. The number of nitro groups is 1. The summed E-state index contributed by atoms with van der Waals surface area (Å²) in [5.74, 6) is -1.33. The monoisotopic (exact) mass is 278 g/mol. The number of hydrogen-bond donors (Lipinski definition) is 0. The highest BCUT2D eigenvalue weighted by Gasteiger charge is 2.23. The zero-order chi connectivity index (χ0) is 14.7. The van der Waals surface area contributed by atoms with Gasteiger partial charge in [-0.1, -0.05) is 0 Å². The van der Waals surface area contributed by atoms with Gasteiger partial charge in [0.1, 0.15) is 11.4 Å². The highest BCUT2D eigenvalue weighted by atomic mass is 19.1. The van der Waals surface area contributed by atoms with Crippen molar-refractivity contribution in [1.82, 2.24) is 4.90 Å². The fraction of sp³-hybridized carbons (Fsp3) is 0.154. The third-order valence-electron chi connectivity index (χ3n) is 2.73. The Morgan fingerprint density at radius 3 is 2.80 bits per heavy atom. The maximum atomic E-state index is 13.2. The summed E-state index contributed by atoms with van der Waals surface area (Å²) >= 11 is 0. The van der Waals surface area contributed by atoms with Crippen LogP contribution in [0.25, 0.3) is 0 Å². The minimum Gasteiger partial charge on any atom is -0.472 e. The van der Waals surface area contributed by atoms with Crippen molar-refractivity contribution in [2.24, 2.45) is 0 Å². The van der Waals surface area contributed by atoms with Gasteiger partial charge in [-0.2, -0.15) is 0 Å². The van der Waals surface area contributed by atoms with E-state index in [0.717, 1.165) is 23.8 Å². The number of halogens is 1. The van der Waals surface area contributed by atoms with E-state index in [0.29, 0.717) is 0 Å². The van der Waals surface area contributed by atoms with Crippen molar-refractivity contribution < 1.29 is 18.5 Å². The van der Waals surface area contributed by atoms with E-state index in [1.54, 1.807) is 6.07 Å². The lowest BCUT2D eigenvalue weighted by molar-refractivity contribution is -0.385. The molecule has 0 aliphatic heterocycles. The first-order valence-corrected chi connectivity index (χ1v) is 5.69. The van der Waals surface area contributed by atoms with Gasteiger partial charge in [-0.15, -0.1) is 0 Å². The molecule has 2 rings (SSSR count). The molecule has 0 saturated heterocycles. The van der Waals surface area contributed by atoms with E-state index in [-0.39, 0.29) is 12.1 Å². The van der Waals surface area contributed by atoms with Crippen LogP contribution in [0.4, 0.5) is 10.1 Å². The maximum absolute atomic E-state index is 13.2. The van der Waals surface area contributed by atoms with Gasteiger partial charge in [-0.25, -0.2) is 4.39 Å². The van der Waals surface area contributed by atoms with Crippen LogP contribution in [0, 0.1) is 15.9 Å². The molecule has 6 nitrogen and oxygen atoms in total. The van der Waals surface area contributed by atoms with Gasteiger partial charge in [0.15, 0.2) is 0 Å². The van der Waals surface area contributed by atoms with Crippen LogP contribution >= 0.6 is 0 Å². The van der Waals surface area contributed by atoms with Gasteiger partial charge in [0, 0.05) is 25.2 Å². The van der Waals surface area contributed by atoms with Crippen molar-refractivity contribution in [3.63, 3.8) is 0 Å². The second-order valence-corrected chi connectivity index (χ2v) is 4.21. The van der Waals surface area contributed by atoms with E-state index in [1.165, 1.54) is 24.5 Å². The smallest absolute Gasteiger partial charge is 0.282 e. The van der Waals surface area contributed by atoms with Gasteiger partial charge in [0.25, 0.3) is 11.6 Å². The first kappa shape index (κ1) is 13.7. The molecule has 0 saturated carbocycles. The van der Waals surface area contributed by atoms with Crippen LogP contribution in [0.1, 0.15) is 15.9 Å². The number of amides is 1. The van der Waals surface area contributed by atoms with E-state index >= 15 is 0 Å². The lowest BCUT2D eigenvalue weighted by Crippen LogP contribution is -2.26. The van der Waals surface area contributed by atoms with Gasteiger partial charge in [0.05, 0.1) is 17.4 Å². The predicted octanol–water partition coefficient (Wildman–Crippen LogP) is 2.60. The van der Waals surface area contributed by atoms with Gasteiger partial charge < -0.3 is 9.32 Å². The molecule has 1 aromatic carbocycles. The van der Waals surface area contributed by atoms with Crippen molar-refractivity contribution >= 4 is 11.6 Å². The summed E-state index contributed by atoms with van der Waals surface area (Å²) in [5, 5.41) is 10.9. The molecule has 104 valence electrons. The largest absolute Gasteiger partial charge is 0.472 e. The third-order valence-corrected chi connectivity index (χ3v) is 2.73. The SMILES string of the molecule is CN(Cc1ccoc1)C(=O)c1cc(F)ccc1[N+](=O)[O-]. The summed E-state index contributed by atoms with van der Waals surface area (Å²) in [6, 6.07) is 4.47. The maximum Gasteiger partial charge on any atom is 0.282 e. The molecule has 0 fully saturated rings. The number of nitrogens with zero attached hydrogens (tertiary/aromatic N) is 2. The Kier molecular flexibility index (Phi) is 3.79. The zero-order valence-electron chi connectivity index (χ0n) is 10.6. The van der Waals surface area contributed by atoms with Gasteiger partial charge in [-0.05, 0) is 18.2 Å². The second kappa shape index (κ2) is 5.52. The van der Waals surface area contributed by atoms with Crippen molar-refractivity contribution in [3.8, 4) is 0 Å².